The van der Waals surface area contributed by atoms with Gasteiger partial charge in [0.1, 0.15) is 5.82 Å². The number of nitrogens with one attached hydrogen (secondary N) is 1. The SMILES string of the molecule is C=CCn1c(CSc2ccc(C)cc2)nnc1SCC(=O)NC(C)c1ccccc1. The van der Waals surface area contributed by atoms with Crippen LogP contribution >= 0.6 is 23.5 Å². The van der Waals surface area contributed by atoms with Crippen LogP contribution in [0.1, 0.15) is 29.9 Å². The zero-order valence-electron chi connectivity index (χ0n) is 17.2. The molecule has 1 N–H and O–H groups in total. The predicted molar refractivity (Wildman–Crippen MR) is 125 cm³/mol. The molecule has 0 saturated heterocycles. The smallest absolute Gasteiger partial charge is 0.230 e. The molecular weight excluding hydrogens is 412 g/mol. The maximum Gasteiger partial charge on any atom is 0.230 e. The summed E-state index contributed by atoms with van der Waals surface area (Å²) in [5, 5.41) is 12.4. The first kappa shape index (κ1) is 22.2. The number of aromatic nitrogens is 3. The van der Waals surface area contributed by atoms with Crippen LogP contribution in [0.2, 0.25) is 0 Å². The molecule has 3 rings (SSSR count). The molecule has 5 nitrogen and oxygen atoms in total. The molecule has 1 amide bonds. The molecule has 156 valence electrons. The summed E-state index contributed by atoms with van der Waals surface area (Å²) in [7, 11) is 0. The molecule has 0 aliphatic rings. The van der Waals surface area contributed by atoms with E-state index in [1.807, 2.05) is 47.9 Å². The van der Waals surface area contributed by atoms with Gasteiger partial charge in [-0.15, -0.1) is 28.5 Å². The van der Waals surface area contributed by atoms with E-state index in [9.17, 15) is 4.79 Å². The van der Waals surface area contributed by atoms with Gasteiger partial charge in [0.2, 0.25) is 5.91 Å². The molecule has 0 aliphatic carbocycles. The van der Waals surface area contributed by atoms with Gasteiger partial charge in [0.25, 0.3) is 0 Å². The van der Waals surface area contributed by atoms with Crippen molar-refractivity contribution in [3.63, 3.8) is 0 Å². The van der Waals surface area contributed by atoms with Crippen LogP contribution in [0, 0.1) is 6.92 Å². The van der Waals surface area contributed by atoms with Crippen molar-refractivity contribution in [2.45, 2.75) is 42.2 Å². The van der Waals surface area contributed by atoms with Gasteiger partial charge in [0.05, 0.1) is 17.5 Å². The molecule has 0 bridgehead atoms. The summed E-state index contributed by atoms with van der Waals surface area (Å²) >= 11 is 3.12. The van der Waals surface area contributed by atoms with Crippen LogP contribution in [0.25, 0.3) is 0 Å². The van der Waals surface area contributed by atoms with Crippen LogP contribution in [0.4, 0.5) is 0 Å². The number of carbonyl (C=O) groups excluding carboxylic acids is 1. The van der Waals surface area contributed by atoms with Crippen LogP contribution in [0.3, 0.4) is 0 Å². The number of aryl methyl sites for hydroxylation is 1. The average Bonchev–Trinajstić information content (AvgIpc) is 3.14. The van der Waals surface area contributed by atoms with E-state index in [0.29, 0.717) is 12.3 Å². The fourth-order valence-electron chi connectivity index (χ4n) is 2.87. The van der Waals surface area contributed by atoms with Crippen LogP contribution in [-0.2, 0) is 17.1 Å². The molecule has 0 aliphatic heterocycles. The van der Waals surface area contributed by atoms with Gasteiger partial charge in [-0.2, -0.15) is 0 Å². The van der Waals surface area contributed by atoms with Crippen molar-refractivity contribution >= 4 is 29.4 Å². The quantitative estimate of drug-likeness (QED) is 0.355. The summed E-state index contributed by atoms with van der Waals surface area (Å²) in [6.07, 6.45) is 1.82. The Morgan fingerprint density at radius 1 is 1.13 bits per heavy atom. The number of amides is 1. The summed E-state index contributed by atoms with van der Waals surface area (Å²) < 4.78 is 2.02. The maximum absolute atomic E-state index is 12.4. The highest BCUT2D eigenvalue weighted by molar-refractivity contribution is 7.99. The number of thioether (sulfide) groups is 2. The Balaban J connectivity index is 1.58. The molecule has 1 aromatic heterocycles. The van der Waals surface area contributed by atoms with Crippen molar-refractivity contribution in [2.75, 3.05) is 5.75 Å². The third-order valence-corrected chi connectivity index (χ3v) is 6.48. The number of carbonyl (C=O) groups is 1. The van der Waals surface area contributed by atoms with Crippen molar-refractivity contribution in [1.82, 2.24) is 20.1 Å². The topological polar surface area (TPSA) is 59.8 Å². The number of rotatable bonds is 10. The number of hydrogen-bond donors (Lipinski definition) is 1. The molecule has 0 fully saturated rings. The fourth-order valence-corrected chi connectivity index (χ4v) is 4.48. The minimum absolute atomic E-state index is 0.0277. The van der Waals surface area contributed by atoms with E-state index in [1.165, 1.54) is 22.2 Å². The molecule has 1 unspecified atom stereocenters. The minimum atomic E-state index is -0.0354. The third kappa shape index (κ3) is 6.24. The Bertz CT molecular complexity index is 971. The van der Waals surface area contributed by atoms with Gasteiger partial charge in [-0.1, -0.05) is 65.9 Å². The molecule has 0 radical (unpaired) electrons. The summed E-state index contributed by atoms with van der Waals surface area (Å²) in [4.78, 5) is 13.6. The highest BCUT2D eigenvalue weighted by Gasteiger charge is 2.15. The second kappa shape index (κ2) is 11.0. The van der Waals surface area contributed by atoms with Crippen molar-refractivity contribution < 1.29 is 4.79 Å². The molecule has 3 aromatic rings. The van der Waals surface area contributed by atoms with Crippen molar-refractivity contribution in [3.05, 3.63) is 84.2 Å². The molecule has 0 saturated carbocycles. The van der Waals surface area contributed by atoms with Gasteiger partial charge in [0, 0.05) is 11.4 Å². The van der Waals surface area contributed by atoms with Crippen molar-refractivity contribution in [1.29, 1.82) is 0 Å². The van der Waals surface area contributed by atoms with Gasteiger partial charge >= 0.3 is 0 Å². The molecule has 0 spiro atoms. The fraction of sp³-hybridized carbons (Fsp3) is 0.261. The van der Waals surface area contributed by atoms with Gasteiger partial charge in [-0.3, -0.25) is 4.79 Å². The lowest BCUT2D eigenvalue weighted by molar-refractivity contribution is -0.119. The zero-order chi connectivity index (χ0) is 21.3. The largest absolute Gasteiger partial charge is 0.349 e. The van der Waals surface area contributed by atoms with Crippen LogP contribution in [-0.4, -0.2) is 26.4 Å². The normalized spacial score (nSPS) is 11.8. The number of benzene rings is 2. The lowest BCUT2D eigenvalue weighted by atomic mass is 10.1. The number of nitrogens with zero attached hydrogens (tertiary/aromatic N) is 3. The van der Waals surface area contributed by atoms with E-state index in [-0.39, 0.29) is 17.7 Å². The summed E-state index contributed by atoms with van der Waals surface area (Å²) in [5.74, 6) is 1.85. The highest BCUT2D eigenvalue weighted by Crippen LogP contribution is 2.25. The summed E-state index contributed by atoms with van der Waals surface area (Å²) in [5.41, 5.74) is 2.33. The van der Waals surface area contributed by atoms with Gasteiger partial charge < -0.3 is 9.88 Å². The maximum atomic E-state index is 12.4. The van der Waals surface area contributed by atoms with Gasteiger partial charge in [-0.05, 0) is 31.5 Å². The van der Waals surface area contributed by atoms with Gasteiger partial charge in [0.15, 0.2) is 5.16 Å². The van der Waals surface area contributed by atoms with Crippen LogP contribution in [0.5, 0.6) is 0 Å². The molecule has 1 atom stereocenters. The predicted octanol–water partition coefficient (Wildman–Crippen LogP) is 5.03. The van der Waals surface area contributed by atoms with Gasteiger partial charge in [-0.25, -0.2) is 0 Å². The first-order valence-electron chi connectivity index (χ1n) is 9.76. The highest BCUT2D eigenvalue weighted by atomic mass is 32.2. The zero-order valence-corrected chi connectivity index (χ0v) is 18.9. The Kier molecular flexibility index (Phi) is 8.16. The van der Waals surface area contributed by atoms with E-state index in [4.69, 9.17) is 0 Å². The molecular formula is C23H26N4OS2. The Labute approximate surface area is 186 Å². The van der Waals surface area contributed by atoms with E-state index >= 15 is 0 Å². The van der Waals surface area contributed by atoms with Crippen LogP contribution < -0.4 is 5.32 Å². The van der Waals surface area contributed by atoms with E-state index in [0.717, 1.165) is 16.5 Å². The number of hydrogen-bond acceptors (Lipinski definition) is 5. The average molecular weight is 439 g/mol. The van der Waals surface area contributed by atoms with Crippen LogP contribution in [0.15, 0.2) is 77.3 Å². The summed E-state index contributed by atoms with van der Waals surface area (Å²) in [6.45, 7) is 8.52. The molecule has 1 heterocycles. The monoisotopic (exact) mass is 438 g/mol. The molecule has 2 aromatic carbocycles. The third-order valence-electron chi connectivity index (χ3n) is 4.50. The van der Waals surface area contributed by atoms with E-state index < -0.39 is 0 Å². The van der Waals surface area contributed by atoms with Crippen molar-refractivity contribution in [3.8, 4) is 0 Å². The molecule has 7 heteroatoms. The Hall–Kier alpha value is -2.51. The number of allylic oxidation sites excluding steroid dienone is 1. The minimum Gasteiger partial charge on any atom is -0.349 e. The Morgan fingerprint density at radius 3 is 2.57 bits per heavy atom. The lowest BCUT2D eigenvalue weighted by Crippen LogP contribution is -2.28. The first-order chi connectivity index (χ1) is 14.6. The summed E-state index contributed by atoms with van der Waals surface area (Å²) in [6, 6.07) is 18.3. The van der Waals surface area contributed by atoms with Crippen molar-refractivity contribution in [2.24, 2.45) is 0 Å². The lowest BCUT2D eigenvalue weighted by Gasteiger charge is -2.14. The second-order valence-corrected chi connectivity index (χ2v) is 8.88. The molecule has 30 heavy (non-hydrogen) atoms. The standard InChI is InChI=1S/C23H26N4OS2/c1-4-14-27-21(15-29-20-12-10-17(2)11-13-20)25-26-23(27)30-16-22(28)24-18(3)19-8-6-5-7-9-19/h4-13,18H,1,14-16H2,2-3H3,(H,24,28). The second-order valence-electron chi connectivity index (χ2n) is 6.89. The van der Waals surface area contributed by atoms with E-state index in [2.05, 4.69) is 53.3 Å². The Morgan fingerprint density at radius 2 is 1.87 bits per heavy atom. The first-order valence-corrected chi connectivity index (χ1v) is 11.7. The van der Waals surface area contributed by atoms with E-state index in [1.54, 1.807) is 11.8 Å².